The van der Waals surface area contributed by atoms with Crippen molar-refractivity contribution in [1.29, 1.82) is 0 Å². The molecule has 6 heteroatoms. The van der Waals surface area contributed by atoms with E-state index in [0.29, 0.717) is 12.8 Å². The van der Waals surface area contributed by atoms with Gasteiger partial charge in [0.2, 0.25) is 11.8 Å². The number of carbonyl (C=O) groups excluding carboxylic acids is 2. The van der Waals surface area contributed by atoms with Gasteiger partial charge in [-0.25, -0.2) is 0 Å². The minimum atomic E-state index is -0.627. The molecule has 0 bridgehead atoms. The van der Waals surface area contributed by atoms with Crippen LogP contribution in [0.4, 0.5) is 0 Å². The Morgan fingerprint density at radius 1 is 0.667 bits per heavy atom. The topological polar surface area (TPSA) is 98.7 Å². The second-order valence-electron chi connectivity index (χ2n) is 5.86. The third kappa shape index (κ3) is 3.65. The molecule has 1 aliphatic rings. The molecule has 0 radical (unpaired) electrons. The van der Waals surface area contributed by atoms with Gasteiger partial charge in [0.15, 0.2) is 0 Å². The summed E-state index contributed by atoms with van der Waals surface area (Å²) in [5.74, 6) is -0.146. The molecule has 1 heterocycles. The highest BCUT2D eigenvalue weighted by Crippen LogP contribution is 2.15. The molecule has 3 rings (SSSR count). The zero-order valence-electron chi connectivity index (χ0n) is 12.9. The van der Waals surface area contributed by atoms with Gasteiger partial charge in [-0.2, -0.15) is 0 Å². The molecule has 0 aliphatic carbocycles. The Bertz CT molecular complexity index is 675. The first kappa shape index (κ1) is 15.9. The largest absolute Gasteiger partial charge is 0.508 e. The summed E-state index contributed by atoms with van der Waals surface area (Å²) in [5.41, 5.74) is 1.70. The molecule has 124 valence electrons. The van der Waals surface area contributed by atoms with E-state index in [0.717, 1.165) is 11.1 Å². The summed E-state index contributed by atoms with van der Waals surface area (Å²) >= 11 is 0. The van der Waals surface area contributed by atoms with E-state index in [2.05, 4.69) is 10.6 Å². The lowest BCUT2D eigenvalue weighted by Crippen LogP contribution is -2.62. The number of hydrogen-bond donors (Lipinski definition) is 4. The molecule has 1 saturated heterocycles. The van der Waals surface area contributed by atoms with Crippen LogP contribution in [-0.4, -0.2) is 34.1 Å². The summed E-state index contributed by atoms with van der Waals surface area (Å²) in [4.78, 5) is 24.5. The number of benzene rings is 2. The molecule has 24 heavy (non-hydrogen) atoms. The van der Waals surface area contributed by atoms with Crippen molar-refractivity contribution in [3.8, 4) is 11.5 Å². The lowest BCUT2D eigenvalue weighted by atomic mass is 9.98. The van der Waals surface area contributed by atoms with Crippen molar-refractivity contribution in [2.24, 2.45) is 0 Å². The van der Waals surface area contributed by atoms with Crippen LogP contribution in [0.5, 0.6) is 11.5 Å². The lowest BCUT2D eigenvalue weighted by Gasteiger charge is -2.29. The first-order chi connectivity index (χ1) is 11.5. The van der Waals surface area contributed by atoms with Crippen LogP contribution in [0.3, 0.4) is 0 Å². The van der Waals surface area contributed by atoms with Crippen molar-refractivity contribution >= 4 is 11.8 Å². The Morgan fingerprint density at radius 2 is 1.00 bits per heavy atom. The molecule has 2 aromatic carbocycles. The fraction of sp³-hybridized carbons (Fsp3) is 0.222. The number of aromatic hydroxyl groups is 2. The fourth-order valence-electron chi connectivity index (χ4n) is 2.70. The maximum Gasteiger partial charge on any atom is 0.243 e. The number of amides is 2. The lowest BCUT2D eigenvalue weighted by molar-refractivity contribution is -0.136. The third-order valence-corrected chi connectivity index (χ3v) is 4.02. The SMILES string of the molecule is O=C1N[C@H](Cc2ccc(O)cc2)C(=O)N[C@@H]1Cc1ccc(O)cc1. The predicted molar refractivity (Wildman–Crippen MR) is 87.5 cm³/mol. The average Bonchev–Trinajstić information content (AvgIpc) is 2.56. The van der Waals surface area contributed by atoms with Gasteiger partial charge in [0.1, 0.15) is 23.6 Å². The molecule has 6 nitrogen and oxygen atoms in total. The minimum Gasteiger partial charge on any atom is -0.508 e. The van der Waals surface area contributed by atoms with Crippen molar-refractivity contribution in [2.45, 2.75) is 24.9 Å². The van der Waals surface area contributed by atoms with Gasteiger partial charge in [-0.3, -0.25) is 9.59 Å². The molecule has 2 atom stereocenters. The fourth-order valence-corrected chi connectivity index (χ4v) is 2.70. The molecule has 0 unspecified atom stereocenters. The van der Waals surface area contributed by atoms with E-state index < -0.39 is 12.1 Å². The summed E-state index contributed by atoms with van der Waals surface area (Å²) < 4.78 is 0. The highest BCUT2D eigenvalue weighted by atomic mass is 16.3. The van der Waals surface area contributed by atoms with Gasteiger partial charge >= 0.3 is 0 Å². The molecule has 2 aromatic rings. The summed E-state index contributed by atoms with van der Waals surface area (Å²) in [5, 5.41) is 24.1. The Kier molecular flexibility index (Phi) is 4.37. The van der Waals surface area contributed by atoms with Gasteiger partial charge in [0.05, 0.1) is 0 Å². The Balaban J connectivity index is 1.63. The summed E-state index contributed by atoms with van der Waals surface area (Å²) in [6.45, 7) is 0. The van der Waals surface area contributed by atoms with Gasteiger partial charge < -0.3 is 20.8 Å². The van der Waals surface area contributed by atoms with Crippen molar-refractivity contribution in [3.05, 3.63) is 59.7 Å². The number of rotatable bonds is 4. The van der Waals surface area contributed by atoms with E-state index in [-0.39, 0.29) is 23.3 Å². The van der Waals surface area contributed by atoms with Gasteiger partial charge in [-0.15, -0.1) is 0 Å². The third-order valence-electron chi connectivity index (χ3n) is 4.02. The molecular formula is C18H18N2O4. The van der Waals surface area contributed by atoms with Crippen molar-refractivity contribution in [3.63, 3.8) is 0 Å². The van der Waals surface area contributed by atoms with Crippen LogP contribution in [0.15, 0.2) is 48.5 Å². The number of phenolic OH excluding ortho intramolecular Hbond substituents is 2. The van der Waals surface area contributed by atoms with Gasteiger partial charge in [0, 0.05) is 12.8 Å². The quantitative estimate of drug-likeness (QED) is 0.670. The molecule has 2 amide bonds. The molecule has 1 fully saturated rings. The highest BCUT2D eigenvalue weighted by molar-refractivity contribution is 5.97. The maximum absolute atomic E-state index is 12.3. The smallest absolute Gasteiger partial charge is 0.243 e. The van der Waals surface area contributed by atoms with Crippen LogP contribution in [0.25, 0.3) is 0 Å². The summed E-state index contributed by atoms with van der Waals surface area (Å²) in [6.07, 6.45) is 0.730. The molecule has 1 aliphatic heterocycles. The molecule has 0 aromatic heterocycles. The van der Waals surface area contributed by atoms with Gasteiger partial charge in [0.25, 0.3) is 0 Å². The molecule has 4 N–H and O–H groups in total. The van der Waals surface area contributed by atoms with Crippen LogP contribution in [-0.2, 0) is 22.4 Å². The molecular weight excluding hydrogens is 308 g/mol. The number of hydrogen-bond acceptors (Lipinski definition) is 4. The Hall–Kier alpha value is -3.02. The van der Waals surface area contributed by atoms with Crippen LogP contribution in [0, 0.1) is 0 Å². The van der Waals surface area contributed by atoms with Crippen molar-refractivity contribution in [2.75, 3.05) is 0 Å². The first-order valence-electron chi connectivity index (χ1n) is 7.68. The second-order valence-corrected chi connectivity index (χ2v) is 5.86. The van der Waals surface area contributed by atoms with Gasteiger partial charge in [-0.1, -0.05) is 24.3 Å². The molecule has 0 saturated carbocycles. The number of piperazine rings is 1. The Morgan fingerprint density at radius 3 is 1.33 bits per heavy atom. The number of phenols is 2. The molecule has 0 spiro atoms. The Labute approximate surface area is 139 Å². The summed E-state index contributed by atoms with van der Waals surface area (Å²) in [6, 6.07) is 11.8. The predicted octanol–water partition coefficient (Wildman–Crippen LogP) is 0.866. The number of carbonyl (C=O) groups is 2. The van der Waals surface area contributed by atoms with Crippen LogP contribution in [0.1, 0.15) is 11.1 Å². The average molecular weight is 326 g/mol. The zero-order chi connectivity index (χ0) is 17.1. The zero-order valence-corrected chi connectivity index (χ0v) is 12.9. The van der Waals surface area contributed by atoms with E-state index in [4.69, 9.17) is 0 Å². The highest BCUT2D eigenvalue weighted by Gasteiger charge is 2.33. The normalized spacial score (nSPS) is 20.3. The number of nitrogens with one attached hydrogen (secondary N) is 2. The van der Waals surface area contributed by atoms with Crippen molar-refractivity contribution < 1.29 is 19.8 Å². The van der Waals surface area contributed by atoms with Crippen LogP contribution in [0.2, 0.25) is 0 Å². The standard InChI is InChI=1S/C18H18N2O4/c21-13-5-1-11(2-6-13)9-15-17(23)20-16(18(24)19-15)10-12-3-7-14(22)8-4-12/h1-8,15-16,21-22H,9-10H2,(H,19,24)(H,20,23)/t15-,16-/m1/s1. The summed E-state index contributed by atoms with van der Waals surface area (Å²) in [7, 11) is 0. The van der Waals surface area contributed by atoms with Gasteiger partial charge in [-0.05, 0) is 35.4 Å². The van der Waals surface area contributed by atoms with E-state index >= 15 is 0 Å². The first-order valence-corrected chi connectivity index (χ1v) is 7.68. The maximum atomic E-state index is 12.3. The van der Waals surface area contributed by atoms with Crippen LogP contribution < -0.4 is 10.6 Å². The second kappa shape index (κ2) is 6.62. The minimum absolute atomic E-state index is 0.157. The van der Waals surface area contributed by atoms with E-state index in [1.165, 1.54) is 0 Å². The van der Waals surface area contributed by atoms with Crippen molar-refractivity contribution in [1.82, 2.24) is 10.6 Å². The van der Waals surface area contributed by atoms with E-state index in [1.807, 2.05) is 0 Å². The monoisotopic (exact) mass is 326 g/mol. The van der Waals surface area contributed by atoms with E-state index in [9.17, 15) is 19.8 Å². The van der Waals surface area contributed by atoms with Crippen LogP contribution >= 0.6 is 0 Å². The van der Waals surface area contributed by atoms with E-state index in [1.54, 1.807) is 48.5 Å².